The lowest BCUT2D eigenvalue weighted by atomic mass is 9.86. The third-order valence-corrected chi connectivity index (χ3v) is 5.45. The molecular weight excluding hydrogens is 352 g/mol. The molecule has 1 heteroatoms. The highest BCUT2D eigenvalue weighted by Crippen LogP contribution is 2.43. The molecule has 0 aliphatic carbocycles. The topological polar surface area (TPSA) is 9.23 Å². The van der Waals surface area contributed by atoms with E-state index in [4.69, 9.17) is 4.74 Å². The maximum absolute atomic E-state index is 5.65. The highest BCUT2D eigenvalue weighted by molar-refractivity contribution is 6.21. The molecule has 0 spiro atoms. The van der Waals surface area contributed by atoms with Gasteiger partial charge in [0.25, 0.3) is 0 Å². The molecule has 0 aromatic heterocycles. The third kappa shape index (κ3) is 3.05. The third-order valence-electron chi connectivity index (χ3n) is 5.45. The Morgan fingerprint density at radius 3 is 1.34 bits per heavy atom. The van der Waals surface area contributed by atoms with Gasteiger partial charge in [0.15, 0.2) is 0 Å². The number of fused-ring (bicyclic) bond motifs is 2. The standard InChI is InChI=1S/C28H22O/c1-2-29-22-18-16-21(17-19-22)28-25-14-8-6-12-23(25)27(20-10-4-3-5-11-20)24-13-7-9-15-26(24)28/h3-19H,2H2,1H3. The predicted octanol–water partition coefficient (Wildman–Crippen LogP) is 7.73. The molecule has 0 aliphatic rings. The normalized spacial score (nSPS) is 11.1. The summed E-state index contributed by atoms with van der Waals surface area (Å²) in [6.07, 6.45) is 0. The minimum Gasteiger partial charge on any atom is -0.494 e. The van der Waals surface area contributed by atoms with Gasteiger partial charge >= 0.3 is 0 Å². The summed E-state index contributed by atoms with van der Waals surface area (Å²) in [4.78, 5) is 0. The molecule has 0 aliphatic heterocycles. The van der Waals surface area contributed by atoms with E-state index in [-0.39, 0.29) is 0 Å². The largest absolute Gasteiger partial charge is 0.494 e. The van der Waals surface area contributed by atoms with Crippen LogP contribution in [-0.2, 0) is 0 Å². The molecule has 29 heavy (non-hydrogen) atoms. The average molecular weight is 374 g/mol. The second-order valence-corrected chi connectivity index (χ2v) is 7.16. The van der Waals surface area contributed by atoms with Gasteiger partial charge in [-0.15, -0.1) is 0 Å². The Bertz CT molecular complexity index is 1230. The van der Waals surface area contributed by atoms with Crippen molar-refractivity contribution in [2.75, 3.05) is 6.61 Å². The van der Waals surface area contributed by atoms with Gasteiger partial charge in [0.1, 0.15) is 5.75 Å². The molecule has 0 amide bonds. The Labute approximate surface area is 171 Å². The van der Waals surface area contributed by atoms with E-state index >= 15 is 0 Å². The summed E-state index contributed by atoms with van der Waals surface area (Å²) in [5.41, 5.74) is 5.03. The minimum absolute atomic E-state index is 0.678. The SMILES string of the molecule is CCOc1ccc(-c2c3ccccc3c(-c3ccccc3)c3ccccc23)cc1. The molecule has 0 bridgehead atoms. The highest BCUT2D eigenvalue weighted by Gasteiger charge is 2.15. The maximum Gasteiger partial charge on any atom is 0.119 e. The van der Waals surface area contributed by atoms with Crippen LogP contribution in [0.5, 0.6) is 5.75 Å². The lowest BCUT2D eigenvalue weighted by molar-refractivity contribution is 0.340. The van der Waals surface area contributed by atoms with Gasteiger partial charge in [0, 0.05) is 0 Å². The Hall–Kier alpha value is -3.58. The molecular formula is C28H22O. The first-order valence-corrected chi connectivity index (χ1v) is 10.1. The van der Waals surface area contributed by atoms with E-state index < -0.39 is 0 Å². The molecule has 5 aromatic rings. The van der Waals surface area contributed by atoms with Gasteiger partial charge in [-0.25, -0.2) is 0 Å². The van der Waals surface area contributed by atoms with Gasteiger partial charge in [-0.1, -0.05) is 91.0 Å². The van der Waals surface area contributed by atoms with Crippen molar-refractivity contribution < 1.29 is 4.74 Å². The molecule has 0 atom stereocenters. The van der Waals surface area contributed by atoms with Crippen molar-refractivity contribution in [3.8, 4) is 28.0 Å². The number of ether oxygens (including phenoxy) is 1. The maximum atomic E-state index is 5.65. The van der Waals surface area contributed by atoms with Crippen molar-refractivity contribution in [1.82, 2.24) is 0 Å². The van der Waals surface area contributed by atoms with Crippen LogP contribution >= 0.6 is 0 Å². The molecule has 0 heterocycles. The Morgan fingerprint density at radius 2 is 0.897 bits per heavy atom. The average Bonchev–Trinajstić information content (AvgIpc) is 2.79. The summed E-state index contributed by atoms with van der Waals surface area (Å²) < 4.78 is 5.65. The summed E-state index contributed by atoms with van der Waals surface area (Å²) in [5, 5.41) is 5.10. The Balaban J connectivity index is 1.88. The van der Waals surface area contributed by atoms with Crippen molar-refractivity contribution >= 4 is 21.5 Å². The van der Waals surface area contributed by atoms with Crippen molar-refractivity contribution in [1.29, 1.82) is 0 Å². The van der Waals surface area contributed by atoms with Gasteiger partial charge in [-0.2, -0.15) is 0 Å². The Morgan fingerprint density at radius 1 is 0.483 bits per heavy atom. The monoisotopic (exact) mass is 374 g/mol. The Kier molecular flexibility index (Phi) is 4.50. The van der Waals surface area contributed by atoms with E-state index in [9.17, 15) is 0 Å². The molecule has 5 rings (SSSR count). The molecule has 0 saturated heterocycles. The zero-order valence-electron chi connectivity index (χ0n) is 16.4. The van der Waals surface area contributed by atoms with Gasteiger partial charge < -0.3 is 4.74 Å². The van der Waals surface area contributed by atoms with E-state index in [0.29, 0.717) is 6.61 Å². The van der Waals surface area contributed by atoms with Crippen molar-refractivity contribution in [3.05, 3.63) is 103 Å². The first-order chi connectivity index (χ1) is 14.4. The minimum atomic E-state index is 0.678. The van der Waals surface area contributed by atoms with E-state index in [1.54, 1.807) is 0 Å². The first kappa shape index (κ1) is 17.5. The molecule has 1 nitrogen and oxygen atoms in total. The van der Waals surface area contributed by atoms with Crippen LogP contribution in [-0.4, -0.2) is 6.61 Å². The molecule has 0 saturated carbocycles. The lowest BCUT2D eigenvalue weighted by Crippen LogP contribution is -1.92. The van der Waals surface area contributed by atoms with Gasteiger partial charge in [-0.3, -0.25) is 0 Å². The van der Waals surface area contributed by atoms with Crippen LogP contribution in [0.15, 0.2) is 103 Å². The molecule has 0 N–H and O–H groups in total. The van der Waals surface area contributed by atoms with Gasteiger partial charge in [0.05, 0.1) is 6.61 Å². The van der Waals surface area contributed by atoms with Crippen LogP contribution in [0.4, 0.5) is 0 Å². The second kappa shape index (κ2) is 7.44. The van der Waals surface area contributed by atoms with Crippen LogP contribution in [0.25, 0.3) is 43.8 Å². The molecule has 140 valence electrons. The zero-order valence-corrected chi connectivity index (χ0v) is 16.4. The van der Waals surface area contributed by atoms with Crippen LogP contribution in [0.3, 0.4) is 0 Å². The van der Waals surface area contributed by atoms with Crippen LogP contribution in [0.1, 0.15) is 6.92 Å². The molecule has 0 unspecified atom stereocenters. The fraction of sp³-hybridized carbons (Fsp3) is 0.0714. The lowest BCUT2D eigenvalue weighted by Gasteiger charge is -2.17. The molecule has 5 aromatic carbocycles. The molecule has 0 fully saturated rings. The number of rotatable bonds is 4. The summed E-state index contributed by atoms with van der Waals surface area (Å²) in [5.74, 6) is 0.908. The summed E-state index contributed by atoms with van der Waals surface area (Å²) in [6, 6.07) is 36.6. The predicted molar refractivity (Wildman–Crippen MR) is 123 cm³/mol. The van der Waals surface area contributed by atoms with Crippen LogP contribution < -0.4 is 4.74 Å². The highest BCUT2D eigenvalue weighted by atomic mass is 16.5. The smallest absolute Gasteiger partial charge is 0.119 e. The number of benzene rings is 5. The van der Waals surface area contributed by atoms with Gasteiger partial charge in [0.2, 0.25) is 0 Å². The van der Waals surface area contributed by atoms with E-state index in [0.717, 1.165) is 5.75 Å². The van der Waals surface area contributed by atoms with E-state index in [2.05, 4.69) is 103 Å². The van der Waals surface area contributed by atoms with Crippen LogP contribution in [0, 0.1) is 0 Å². The fourth-order valence-electron chi connectivity index (χ4n) is 4.24. The summed E-state index contributed by atoms with van der Waals surface area (Å²) >= 11 is 0. The van der Waals surface area contributed by atoms with Crippen molar-refractivity contribution in [2.24, 2.45) is 0 Å². The van der Waals surface area contributed by atoms with E-state index in [1.165, 1.54) is 43.8 Å². The summed E-state index contributed by atoms with van der Waals surface area (Å²) in [6.45, 7) is 2.69. The van der Waals surface area contributed by atoms with Gasteiger partial charge in [-0.05, 0) is 62.9 Å². The molecule has 0 radical (unpaired) electrons. The number of hydrogen-bond acceptors (Lipinski definition) is 1. The second-order valence-electron chi connectivity index (χ2n) is 7.16. The summed E-state index contributed by atoms with van der Waals surface area (Å²) in [7, 11) is 0. The number of hydrogen-bond donors (Lipinski definition) is 0. The van der Waals surface area contributed by atoms with Crippen LogP contribution in [0.2, 0.25) is 0 Å². The zero-order chi connectivity index (χ0) is 19.6. The van der Waals surface area contributed by atoms with E-state index in [1.807, 2.05) is 6.92 Å². The van der Waals surface area contributed by atoms with Crippen molar-refractivity contribution in [3.63, 3.8) is 0 Å². The quantitative estimate of drug-likeness (QED) is 0.292. The fourth-order valence-corrected chi connectivity index (χ4v) is 4.24. The first-order valence-electron chi connectivity index (χ1n) is 10.1. The van der Waals surface area contributed by atoms with Crippen molar-refractivity contribution in [2.45, 2.75) is 6.92 Å².